The van der Waals surface area contributed by atoms with Gasteiger partial charge in [0.15, 0.2) is 0 Å². The number of carbonyl (C=O) groups is 1. The van der Waals surface area contributed by atoms with Crippen molar-refractivity contribution in [1.29, 1.82) is 0 Å². The van der Waals surface area contributed by atoms with Crippen LogP contribution in [0.5, 0.6) is 5.75 Å². The highest BCUT2D eigenvalue weighted by Gasteiger charge is 2.30. The first-order valence-electron chi connectivity index (χ1n) is 8.93. The monoisotopic (exact) mass is 458 g/mol. The van der Waals surface area contributed by atoms with Crippen LogP contribution in [0.1, 0.15) is 18.1 Å². The van der Waals surface area contributed by atoms with E-state index in [1.54, 1.807) is 6.07 Å². The predicted octanol–water partition coefficient (Wildman–Crippen LogP) is 3.96. The van der Waals surface area contributed by atoms with Crippen molar-refractivity contribution >= 4 is 44.8 Å². The Morgan fingerprint density at radius 1 is 1.21 bits per heavy atom. The zero-order valence-corrected chi connectivity index (χ0v) is 19.0. The van der Waals surface area contributed by atoms with Gasteiger partial charge in [-0.2, -0.15) is 0 Å². The first-order valence-corrected chi connectivity index (χ1v) is 11.5. The van der Waals surface area contributed by atoms with Gasteiger partial charge in [-0.15, -0.1) is 0 Å². The number of aryl methyl sites for hydroxylation is 1. The highest BCUT2D eigenvalue weighted by atomic mass is 35.5. The van der Waals surface area contributed by atoms with E-state index in [4.69, 9.17) is 27.9 Å². The summed E-state index contributed by atoms with van der Waals surface area (Å²) in [6, 6.07) is 9.17. The average molecular weight is 459 g/mol. The number of ether oxygens (including phenoxy) is 1. The summed E-state index contributed by atoms with van der Waals surface area (Å²) in [4.78, 5) is 12.6. The quantitative estimate of drug-likeness (QED) is 0.607. The maximum absolute atomic E-state index is 12.6. The summed E-state index contributed by atoms with van der Waals surface area (Å²) in [6.07, 6.45) is 1.01. The SMILES string of the molecule is Cc1cccc(OCCNC(=O)[C@@H](C)N(c2cc(Cl)ccc2Cl)S(C)(=O)=O)c1C. The number of nitrogens with zero attached hydrogens (tertiary/aromatic N) is 1. The maximum Gasteiger partial charge on any atom is 0.243 e. The van der Waals surface area contributed by atoms with E-state index in [0.29, 0.717) is 5.02 Å². The number of sulfonamides is 1. The standard InChI is InChI=1S/C20H24Cl2N2O4S/c1-13-6-5-7-19(14(13)2)28-11-10-23-20(25)15(3)24(29(4,26)27)18-12-16(21)8-9-17(18)22/h5-9,12,15H,10-11H2,1-4H3,(H,23,25)/t15-/m1/s1. The molecular formula is C20H24Cl2N2O4S. The summed E-state index contributed by atoms with van der Waals surface area (Å²) in [5.41, 5.74) is 2.30. The van der Waals surface area contributed by atoms with Crippen molar-refractivity contribution in [3.63, 3.8) is 0 Å². The van der Waals surface area contributed by atoms with Crippen molar-refractivity contribution in [3.05, 3.63) is 57.6 Å². The molecule has 0 bridgehead atoms. The number of halogens is 2. The Morgan fingerprint density at radius 3 is 2.55 bits per heavy atom. The van der Waals surface area contributed by atoms with Crippen LogP contribution in [0.25, 0.3) is 0 Å². The van der Waals surface area contributed by atoms with Crippen LogP contribution in [0.2, 0.25) is 10.0 Å². The molecule has 0 saturated heterocycles. The highest BCUT2D eigenvalue weighted by molar-refractivity contribution is 7.92. The fraction of sp³-hybridized carbons (Fsp3) is 0.350. The smallest absolute Gasteiger partial charge is 0.243 e. The maximum atomic E-state index is 12.6. The van der Waals surface area contributed by atoms with Gasteiger partial charge in [0, 0.05) is 5.02 Å². The van der Waals surface area contributed by atoms with Crippen molar-refractivity contribution in [2.24, 2.45) is 0 Å². The second-order valence-electron chi connectivity index (χ2n) is 6.67. The molecule has 6 nitrogen and oxygen atoms in total. The second kappa shape index (κ2) is 9.69. The van der Waals surface area contributed by atoms with Gasteiger partial charge in [-0.3, -0.25) is 9.10 Å². The van der Waals surface area contributed by atoms with E-state index < -0.39 is 22.0 Å². The van der Waals surface area contributed by atoms with Gasteiger partial charge in [0.05, 0.1) is 23.5 Å². The van der Waals surface area contributed by atoms with E-state index in [9.17, 15) is 13.2 Å². The molecule has 0 spiro atoms. The number of benzene rings is 2. The molecule has 2 aromatic rings. The Hall–Kier alpha value is -1.96. The predicted molar refractivity (Wildman–Crippen MR) is 118 cm³/mol. The number of hydrogen-bond acceptors (Lipinski definition) is 4. The molecule has 2 rings (SSSR count). The lowest BCUT2D eigenvalue weighted by Gasteiger charge is -2.29. The van der Waals surface area contributed by atoms with Crippen LogP contribution >= 0.6 is 23.2 Å². The third-order valence-electron chi connectivity index (χ3n) is 4.45. The molecule has 0 heterocycles. The van der Waals surface area contributed by atoms with Crippen LogP contribution in [0.3, 0.4) is 0 Å². The summed E-state index contributed by atoms with van der Waals surface area (Å²) >= 11 is 12.1. The van der Waals surface area contributed by atoms with Gasteiger partial charge in [0.2, 0.25) is 15.9 Å². The number of nitrogens with one attached hydrogen (secondary N) is 1. The Morgan fingerprint density at radius 2 is 1.90 bits per heavy atom. The van der Waals surface area contributed by atoms with E-state index >= 15 is 0 Å². The van der Waals surface area contributed by atoms with Gasteiger partial charge in [0.1, 0.15) is 18.4 Å². The molecule has 29 heavy (non-hydrogen) atoms. The number of hydrogen-bond donors (Lipinski definition) is 1. The zero-order valence-electron chi connectivity index (χ0n) is 16.7. The minimum absolute atomic E-state index is 0.149. The van der Waals surface area contributed by atoms with Gasteiger partial charge in [-0.05, 0) is 56.2 Å². The first kappa shape index (κ1) is 23.3. The molecule has 0 fully saturated rings. The Kier molecular flexibility index (Phi) is 7.80. The molecule has 0 aliphatic rings. The first-order chi connectivity index (χ1) is 13.5. The number of amides is 1. The molecule has 0 aliphatic heterocycles. The highest BCUT2D eigenvalue weighted by Crippen LogP contribution is 2.32. The molecular weight excluding hydrogens is 435 g/mol. The third-order valence-corrected chi connectivity index (χ3v) is 6.23. The second-order valence-corrected chi connectivity index (χ2v) is 9.37. The van der Waals surface area contributed by atoms with Crippen molar-refractivity contribution in [2.75, 3.05) is 23.7 Å². The number of anilines is 1. The van der Waals surface area contributed by atoms with E-state index in [0.717, 1.165) is 27.4 Å². The molecule has 0 unspecified atom stereocenters. The van der Waals surface area contributed by atoms with Crippen LogP contribution < -0.4 is 14.4 Å². The van der Waals surface area contributed by atoms with E-state index in [2.05, 4.69) is 5.32 Å². The molecule has 0 aromatic heterocycles. The molecule has 9 heteroatoms. The summed E-state index contributed by atoms with van der Waals surface area (Å²) < 4.78 is 31.4. The van der Waals surface area contributed by atoms with Crippen molar-refractivity contribution < 1.29 is 17.9 Å². The van der Waals surface area contributed by atoms with E-state index in [1.165, 1.54) is 19.1 Å². The van der Waals surface area contributed by atoms with E-state index in [-0.39, 0.29) is 23.9 Å². The lowest BCUT2D eigenvalue weighted by molar-refractivity contribution is -0.121. The average Bonchev–Trinajstić information content (AvgIpc) is 2.63. The summed E-state index contributed by atoms with van der Waals surface area (Å²) in [7, 11) is -3.79. The molecule has 0 radical (unpaired) electrons. The zero-order chi connectivity index (χ0) is 21.8. The van der Waals surface area contributed by atoms with Crippen molar-refractivity contribution in [3.8, 4) is 5.75 Å². The molecule has 1 amide bonds. The van der Waals surface area contributed by atoms with Gasteiger partial charge in [-0.1, -0.05) is 35.3 Å². The number of rotatable bonds is 8. The summed E-state index contributed by atoms with van der Waals surface area (Å²) in [5.74, 6) is 0.270. The topological polar surface area (TPSA) is 75.7 Å². The van der Waals surface area contributed by atoms with Crippen LogP contribution in [0, 0.1) is 13.8 Å². The van der Waals surface area contributed by atoms with Gasteiger partial charge >= 0.3 is 0 Å². The van der Waals surface area contributed by atoms with Gasteiger partial charge < -0.3 is 10.1 Å². The Labute approximate surface area is 181 Å². The lowest BCUT2D eigenvalue weighted by atomic mass is 10.1. The normalized spacial score (nSPS) is 12.3. The minimum Gasteiger partial charge on any atom is -0.491 e. The van der Waals surface area contributed by atoms with E-state index in [1.807, 2.05) is 32.0 Å². The fourth-order valence-corrected chi connectivity index (χ4v) is 4.40. The molecule has 2 aromatic carbocycles. The summed E-state index contributed by atoms with van der Waals surface area (Å²) in [5, 5.41) is 3.19. The summed E-state index contributed by atoms with van der Waals surface area (Å²) in [6.45, 7) is 5.91. The Bertz CT molecular complexity index is 996. The van der Waals surface area contributed by atoms with Crippen LogP contribution in [-0.2, 0) is 14.8 Å². The van der Waals surface area contributed by atoms with Crippen LogP contribution in [-0.4, -0.2) is 39.8 Å². The largest absolute Gasteiger partial charge is 0.491 e. The lowest BCUT2D eigenvalue weighted by Crippen LogP contribution is -2.48. The van der Waals surface area contributed by atoms with Crippen LogP contribution in [0.15, 0.2) is 36.4 Å². The fourth-order valence-electron chi connectivity index (χ4n) is 2.80. The third kappa shape index (κ3) is 6.01. The number of carbonyl (C=O) groups excluding carboxylic acids is 1. The minimum atomic E-state index is -3.79. The van der Waals surface area contributed by atoms with Crippen LogP contribution in [0.4, 0.5) is 5.69 Å². The Balaban J connectivity index is 2.06. The van der Waals surface area contributed by atoms with Crippen molar-refractivity contribution in [2.45, 2.75) is 26.8 Å². The molecule has 1 N–H and O–H groups in total. The van der Waals surface area contributed by atoms with Crippen molar-refractivity contribution in [1.82, 2.24) is 5.32 Å². The molecule has 0 saturated carbocycles. The van der Waals surface area contributed by atoms with Gasteiger partial charge in [-0.25, -0.2) is 8.42 Å². The van der Waals surface area contributed by atoms with Gasteiger partial charge in [0.25, 0.3) is 0 Å². The molecule has 158 valence electrons. The molecule has 1 atom stereocenters. The molecule has 0 aliphatic carbocycles.